The van der Waals surface area contributed by atoms with E-state index in [0.29, 0.717) is 62.5 Å². The fraction of sp³-hybridized carbons (Fsp3) is 0.545. The Bertz CT molecular complexity index is 1250. The summed E-state index contributed by atoms with van der Waals surface area (Å²) in [6, 6.07) is 13.8. The molecule has 1 aliphatic heterocycles. The number of piperidine rings is 1. The van der Waals surface area contributed by atoms with Crippen LogP contribution in [0.1, 0.15) is 62.7 Å². The number of hydrogen-bond acceptors (Lipinski definition) is 6. The number of hydrogen-bond donors (Lipinski definition) is 2. The van der Waals surface area contributed by atoms with Crippen LogP contribution in [-0.2, 0) is 4.74 Å². The van der Waals surface area contributed by atoms with Gasteiger partial charge < -0.3 is 39.3 Å². The van der Waals surface area contributed by atoms with E-state index in [-0.39, 0.29) is 42.7 Å². The Morgan fingerprint density at radius 1 is 0.977 bits per heavy atom. The van der Waals surface area contributed by atoms with Crippen molar-refractivity contribution in [1.29, 1.82) is 0 Å². The number of carboxylic acid groups (broad SMARTS) is 1. The Balaban J connectivity index is 1.42. The maximum Gasteiger partial charge on any atom is 0.407 e. The van der Waals surface area contributed by atoms with Gasteiger partial charge in [0.1, 0.15) is 0 Å². The third kappa shape index (κ3) is 8.56. The second-order valence-electron chi connectivity index (χ2n) is 11.7. The van der Waals surface area contributed by atoms with Crippen molar-refractivity contribution in [1.82, 2.24) is 14.7 Å². The van der Waals surface area contributed by atoms with E-state index < -0.39 is 6.09 Å². The highest BCUT2D eigenvalue weighted by atomic mass is 16.5. The Hall–Kier alpha value is -3.99. The number of ether oxygens (including phenoxy) is 3. The van der Waals surface area contributed by atoms with Crippen LogP contribution in [0.2, 0.25) is 0 Å². The molecule has 2 N–H and O–H groups in total. The van der Waals surface area contributed by atoms with E-state index in [0.717, 1.165) is 18.5 Å². The second kappa shape index (κ2) is 15.7. The summed E-state index contributed by atoms with van der Waals surface area (Å²) in [6.45, 7) is 5.54. The maximum absolute atomic E-state index is 13.9. The van der Waals surface area contributed by atoms with Crippen molar-refractivity contribution in [2.24, 2.45) is 0 Å². The van der Waals surface area contributed by atoms with Gasteiger partial charge in [0.15, 0.2) is 11.5 Å². The van der Waals surface area contributed by atoms with Gasteiger partial charge in [0, 0.05) is 62.6 Å². The highest BCUT2D eigenvalue weighted by molar-refractivity contribution is 5.95. The van der Waals surface area contributed by atoms with Crippen molar-refractivity contribution >= 4 is 23.7 Å². The third-order valence-electron chi connectivity index (χ3n) is 8.25. The van der Waals surface area contributed by atoms with Crippen molar-refractivity contribution in [3.63, 3.8) is 0 Å². The van der Waals surface area contributed by atoms with Crippen molar-refractivity contribution in [2.45, 2.75) is 76.5 Å². The molecule has 4 rings (SSSR count). The zero-order chi connectivity index (χ0) is 31.6. The molecule has 0 spiro atoms. The number of nitrogens with one attached hydrogen (secondary N) is 1. The lowest BCUT2D eigenvalue weighted by atomic mass is 9.93. The summed E-state index contributed by atoms with van der Waals surface area (Å²) in [5.74, 6) is 0.825. The van der Waals surface area contributed by atoms with E-state index in [2.05, 4.69) is 5.32 Å². The maximum atomic E-state index is 13.9. The standard InChI is InChI=1S/C33H46N4O7/c1-23(2)37(31(38)24-11-16-29(43-4)30(21-24)44-20-8-19-42-3)28-15-14-27(36(22-28)33(40)41)17-18-35(26-12-13-26)32(39)34-25-9-6-5-7-10-25/h5-7,9-11,16,21,23,26-28H,8,12-15,17-20,22H2,1-4H3,(H,34,39)(H,40,41)/t27-,28-/m1/s1. The monoisotopic (exact) mass is 610 g/mol. The van der Waals surface area contributed by atoms with Gasteiger partial charge in [0.05, 0.1) is 19.8 Å². The smallest absolute Gasteiger partial charge is 0.407 e. The van der Waals surface area contributed by atoms with Crippen LogP contribution in [0.3, 0.4) is 0 Å². The molecule has 0 unspecified atom stereocenters. The Morgan fingerprint density at radius 3 is 2.34 bits per heavy atom. The van der Waals surface area contributed by atoms with Crippen LogP contribution in [0.15, 0.2) is 48.5 Å². The molecule has 2 aliphatic rings. The summed E-state index contributed by atoms with van der Waals surface area (Å²) >= 11 is 0. The summed E-state index contributed by atoms with van der Waals surface area (Å²) in [5, 5.41) is 13.2. The van der Waals surface area contributed by atoms with Crippen molar-refractivity contribution in [3.05, 3.63) is 54.1 Å². The molecule has 1 saturated heterocycles. The first-order valence-electron chi connectivity index (χ1n) is 15.5. The summed E-state index contributed by atoms with van der Waals surface area (Å²) in [4.78, 5) is 44.5. The van der Waals surface area contributed by atoms with Gasteiger partial charge in [-0.05, 0) is 76.3 Å². The SMILES string of the molecule is COCCCOc1cc(C(=O)N(C(C)C)[C@@H]2CC[C@H](CCN(C(=O)Nc3ccccc3)C3CC3)N(C(=O)O)C2)ccc1OC. The van der Waals surface area contributed by atoms with E-state index in [9.17, 15) is 19.5 Å². The molecule has 11 nitrogen and oxygen atoms in total. The predicted molar refractivity (Wildman–Crippen MR) is 168 cm³/mol. The van der Waals surface area contributed by atoms with Crippen LogP contribution in [0, 0.1) is 0 Å². The van der Waals surface area contributed by atoms with Gasteiger partial charge in [-0.25, -0.2) is 9.59 Å². The molecule has 0 bridgehead atoms. The van der Waals surface area contributed by atoms with Crippen molar-refractivity contribution < 1.29 is 33.7 Å². The van der Waals surface area contributed by atoms with Crippen molar-refractivity contribution in [3.8, 4) is 11.5 Å². The van der Waals surface area contributed by atoms with E-state index in [1.807, 2.05) is 49.1 Å². The molecule has 0 radical (unpaired) electrons. The van der Waals surface area contributed by atoms with Gasteiger partial charge in [-0.15, -0.1) is 0 Å². The number of amides is 4. The van der Waals surface area contributed by atoms with Crippen LogP contribution in [0.25, 0.3) is 0 Å². The molecular formula is C33H46N4O7. The zero-order valence-corrected chi connectivity index (χ0v) is 26.2. The van der Waals surface area contributed by atoms with Crippen LogP contribution < -0.4 is 14.8 Å². The zero-order valence-electron chi connectivity index (χ0n) is 26.2. The number of carbonyl (C=O) groups is 3. The lowest BCUT2D eigenvalue weighted by Gasteiger charge is -2.44. The van der Waals surface area contributed by atoms with Gasteiger partial charge in [-0.1, -0.05) is 18.2 Å². The van der Waals surface area contributed by atoms with Crippen molar-refractivity contribution in [2.75, 3.05) is 45.8 Å². The van der Waals surface area contributed by atoms with Gasteiger partial charge in [-0.2, -0.15) is 0 Å². The molecule has 11 heteroatoms. The fourth-order valence-electron chi connectivity index (χ4n) is 5.89. The third-order valence-corrected chi connectivity index (χ3v) is 8.25. The first kappa shape index (κ1) is 32.9. The second-order valence-corrected chi connectivity index (χ2v) is 11.7. The number of nitrogens with zero attached hydrogens (tertiary/aromatic N) is 3. The largest absolute Gasteiger partial charge is 0.493 e. The number of methoxy groups -OCH3 is 2. The highest BCUT2D eigenvalue weighted by Crippen LogP contribution is 2.32. The predicted octanol–water partition coefficient (Wildman–Crippen LogP) is 5.56. The molecule has 2 aromatic rings. The number of carbonyl (C=O) groups excluding carboxylic acids is 2. The number of likely N-dealkylation sites (tertiary alicyclic amines) is 1. The summed E-state index contributed by atoms with van der Waals surface area (Å²) < 4.78 is 16.4. The van der Waals surface area contributed by atoms with E-state index in [1.54, 1.807) is 37.3 Å². The number of anilines is 1. The average molecular weight is 611 g/mol. The lowest BCUT2D eigenvalue weighted by molar-refractivity contribution is 0.0311. The van der Waals surface area contributed by atoms with Crippen LogP contribution >= 0.6 is 0 Å². The minimum atomic E-state index is -1.02. The van der Waals surface area contributed by atoms with Gasteiger partial charge in [-0.3, -0.25) is 4.79 Å². The molecule has 1 heterocycles. The first-order valence-corrected chi connectivity index (χ1v) is 15.5. The minimum Gasteiger partial charge on any atom is -0.493 e. The molecule has 4 amide bonds. The quantitative estimate of drug-likeness (QED) is 0.269. The summed E-state index contributed by atoms with van der Waals surface area (Å²) in [6.07, 6.45) is 3.38. The topological polar surface area (TPSA) is 121 Å². The summed E-state index contributed by atoms with van der Waals surface area (Å²) in [5.41, 5.74) is 1.19. The molecule has 0 aromatic heterocycles. The molecule has 240 valence electrons. The Kier molecular flexibility index (Phi) is 11.7. The molecule has 2 aromatic carbocycles. The molecule has 2 atom stereocenters. The number of urea groups is 1. The fourth-order valence-corrected chi connectivity index (χ4v) is 5.89. The normalized spacial score (nSPS) is 18.1. The summed E-state index contributed by atoms with van der Waals surface area (Å²) in [7, 11) is 3.19. The first-order chi connectivity index (χ1) is 21.2. The molecular weight excluding hydrogens is 564 g/mol. The van der Waals surface area contributed by atoms with Gasteiger partial charge in [0.2, 0.25) is 0 Å². The average Bonchev–Trinajstić information content (AvgIpc) is 3.85. The van der Waals surface area contributed by atoms with Crippen LogP contribution in [0.5, 0.6) is 11.5 Å². The Labute approximate surface area is 260 Å². The van der Waals surface area contributed by atoms with Gasteiger partial charge in [0.25, 0.3) is 5.91 Å². The number of benzene rings is 2. The van der Waals surface area contributed by atoms with Gasteiger partial charge >= 0.3 is 12.1 Å². The van der Waals surface area contributed by atoms with E-state index >= 15 is 0 Å². The Morgan fingerprint density at radius 2 is 1.70 bits per heavy atom. The number of para-hydroxylation sites is 1. The molecule has 44 heavy (non-hydrogen) atoms. The lowest BCUT2D eigenvalue weighted by Crippen LogP contribution is -2.57. The van der Waals surface area contributed by atoms with E-state index in [4.69, 9.17) is 14.2 Å². The molecule has 1 saturated carbocycles. The molecule has 2 fully saturated rings. The van der Waals surface area contributed by atoms with Crippen LogP contribution in [0.4, 0.5) is 15.3 Å². The highest BCUT2D eigenvalue weighted by Gasteiger charge is 2.39. The van der Waals surface area contributed by atoms with Crippen LogP contribution in [-0.4, -0.2) is 103 Å². The number of rotatable bonds is 14. The molecule has 1 aliphatic carbocycles. The van der Waals surface area contributed by atoms with E-state index in [1.165, 1.54) is 4.90 Å². The minimum absolute atomic E-state index is 0.153.